The van der Waals surface area contributed by atoms with Crippen LogP contribution in [0.5, 0.6) is 5.75 Å². The molecular weight excluding hydrogens is 310 g/mol. The molecule has 1 N–H and O–H groups in total. The van der Waals surface area contributed by atoms with Gasteiger partial charge in [-0.25, -0.2) is 0 Å². The van der Waals surface area contributed by atoms with E-state index in [4.69, 9.17) is 21.1 Å². The van der Waals surface area contributed by atoms with Crippen LogP contribution in [-0.4, -0.2) is 39.5 Å². The zero-order valence-electron chi connectivity index (χ0n) is 14.0. The van der Waals surface area contributed by atoms with Crippen molar-refractivity contribution in [3.05, 3.63) is 41.4 Å². The number of likely N-dealkylation sites (tertiary alicyclic amines) is 1. The van der Waals surface area contributed by atoms with E-state index in [-0.39, 0.29) is 0 Å². The molecule has 128 valence electrons. The van der Waals surface area contributed by atoms with Gasteiger partial charge in [0.2, 0.25) is 0 Å². The van der Waals surface area contributed by atoms with Crippen molar-refractivity contribution in [1.29, 1.82) is 0 Å². The van der Waals surface area contributed by atoms with E-state index in [1.807, 2.05) is 24.3 Å². The minimum atomic E-state index is 0.571. The smallest absolute Gasteiger partial charge is 0.123 e. The van der Waals surface area contributed by atoms with Crippen LogP contribution in [0.1, 0.15) is 31.2 Å². The highest BCUT2D eigenvalue weighted by molar-refractivity contribution is 6.30. The second-order valence-electron chi connectivity index (χ2n) is 6.12. The average molecular weight is 339 g/mol. The summed E-state index contributed by atoms with van der Waals surface area (Å²) in [5.74, 6) is 0.871. The van der Waals surface area contributed by atoms with Crippen LogP contribution >= 0.6 is 11.6 Å². The summed E-state index contributed by atoms with van der Waals surface area (Å²) in [6, 6.07) is 5.71. The van der Waals surface area contributed by atoms with Crippen LogP contribution in [-0.2, 0) is 11.2 Å². The number of rotatable bonds is 9. The summed E-state index contributed by atoms with van der Waals surface area (Å²) in [7, 11) is 0. The third-order valence-electron chi connectivity index (χ3n) is 4.28. The highest BCUT2D eigenvalue weighted by Crippen LogP contribution is 2.23. The van der Waals surface area contributed by atoms with Gasteiger partial charge < -0.3 is 14.4 Å². The molecule has 0 unspecified atom stereocenters. The van der Waals surface area contributed by atoms with Crippen molar-refractivity contribution in [1.82, 2.24) is 0 Å². The normalized spacial score (nSPS) is 16.0. The van der Waals surface area contributed by atoms with Crippen molar-refractivity contribution < 1.29 is 14.4 Å². The number of allylic oxidation sites excluding steroid dienone is 1. The number of ether oxygens (including phenoxy) is 2. The van der Waals surface area contributed by atoms with E-state index in [9.17, 15) is 0 Å². The van der Waals surface area contributed by atoms with Crippen molar-refractivity contribution in [2.75, 3.05) is 39.5 Å². The summed E-state index contributed by atoms with van der Waals surface area (Å²) >= 11 is 6.02. The molecule has 23 heavy (non-hydrogen) atoms. The molecule has 3 nitrogen and oxygen atoms in total. The Labute approximate surface area is 145 Å². The van der Waals surface area contributed by atoms with E-state index in [0.29, 0.717) is 13.2 Å². The number of quaternary nitrogens is 1. The highest BCUT2D eigenvalue weighted by Gasteiger charge is 2.11. The molecule has 0 atom stereocenters. The monoisotopic (exact) mass is 338 g/mol. The Kier molecular flexibility index (Phi) is 8.51. The predicted molar refractivity (Wildman–Crippen MR) is 95.7 cm³/mol. The van der Waals surface area contributed by atoms with Gasteiger partial charge in [0.25, 0.3) is 0 Å². The third-order valence-corrected chi connectivity index (χ3v) is 4.52. The molecule has 1 aliphatic heterocycles. The highest BCUT2D eigenvalue weighted by atomic mass is 35.5. The van der Waals surface area contributed by atoms with Crippen molar-refractivity contribution >= 4 is 11.6 Å². The topological polar surface area (TPSA) is 22.9 Å². The molecule has 1 fully saturated rings. The van der Waals surface area contributed by atoms with Crippen LogP contribution in [0.4, 0.5) is 0 Å². The van der Waals surface area contributed by atoms with Crippen molar-refractivity contribution in [3.63, 3.8) is 0 Å². The fraction of sp³-hybridized carbons (Fsp3) is 0.579. The Bertz CT molecular complexity index is 470. The fourth-order valence-corrected chi connectivity index (χ4v) is 3.21. The second-order valence-corrected chi connectivity index (χ2v) is 6.56. The average Bonchev–Trinajstić information content (AvgIpc) is 2.81. The van der Waals surface area contributed by atoms with E-state index in [0.717, 1.165) is 35.9 Å². The second kappa shape index (κ2) is 10.7. The first-order valence-electron chi connectivity index (χ1n) is 8.73. The maximum absolute atomic E-state index is 6.02. The molecule has 0 bridgehead atoms. The van der Waals surface area contributed by atoms with Gasteiger partial charge in [-0.1, -0.05) is 17.7 Å². The fourth-order valence-electron chi connectivity index (χ4n) is 3.01. The Morgan fingerprint density at radius 3 is 2.61 bits per heavy atom. The lowest BCUT2D eigenvalue weighted by atomic mass is 10.1. The van der Waals surface area contributed by atoms with Crippen LogP contribution in [0.25, 0.3) is 0 Å². The SMILES string of the molecule is C=CCc1cc(Cl)ccc1OCCOCC[NH+]1CCCCCC1. The Hall–Kier alpha value is -1.03. The van der Waals surface area contributed by atoms with Crippen molar-refractivity contribution in [2.45, 2.75) is 32.1 Å². The summed E-state index contributed by atoms with van der Waals surface area (Å²) < 4.78 is 11.5. The maximum Gasteiger partial charge on any atom is 0.123 e. The van der Waals surface area contributed by atoms with Crippen LogP contribution in [0.15, 0.2) is 30.9 Å². The van der Waals surface area contributed by atoms with Gasteiger partial charge in [0.1, 0.15) is 18.9 Å². The molecule has 4 heteroatoms. The molecule has 0 aliphatic carbocycles. The van der Waals surface area contributed by atoms with E-state index in [2.05, 4.69) is 6.58 Å². The van der Waals surface area contributed by atoms with Gasteiger partial charge in [-0.15, -0.1) is 6.58 Å². The molecule has 1 saturated heterocycles. The lowest BCUT2D eigenvalue weighted by Crippen LogP contribution is -3.12. The van der Waals surface area contributed by atoms with Gasteiger partial charge in [0.05, 0.1) is 26.3 Å². The largest absolute Gasteiger partial charge is 0.491 e. The lowest BCUT2D eigenvalue weighted by Gasteiger charge is -2.17. The van der Waals surface area contributed by atoms with Crippen LogP contribution in [0.2, 0.25) is 5.02 Å². The van der Waals surface area contributed by atoms with Gasteiger partial charge >= 0.3 is 0 Å². The number of hydrogen-bond acceptors (Lipinski definition) is 2. The van der Waals surface area contributed by atoms with Gasteiger partial charge in [-0.3, -0.25) is 0 Å². The maximum atomic E-state index is 6.02. The molecule has 0 spiro atoms. The van der Waals surface area contributed by atoms with Gasteiger partial charge in [0, 0.05) is 5.02 Å². The Morgan fingerprint density at radius 1 is 1.09 bits per heavy atom. The first-order chi connectivity index (χ1) is 11.3. The summed E-state index contributed by atoms with van der Waals surface area (Å²) in [5.41, 5.74) is 1.07. The van der Waals surface area contributed by atoms with Crippen molar-refractivity contribution in [3.8, 4) is 5.75 Å². The van der Waals surface area contributed by atoms with E-state index in [1.165, 1.54) is 38.8 Å². The van der Waals surface area contributed by atoms with Crippen LogP contribution < -0.4 is 9.64 Å². The number of nitrogens with one attached hydrogen (secondary N) is 1. The molecule has 1 heterocycles. The number of benzene rings is 1. The van der Waals surface area contributed by atoms with Gasteiger partial charge in [-0.05, 0) is 55.9 Å². The standard InChI is InChI=1S/C19H28ClNO2/c1-2-7-17-16-18(20)8-9-19(17)23-15-14-22-13-12-21-10-5-3-4-6-11-21/h2,8-9,16H,1,3-7,10-15H2/p+1. The molecule has 0 aromatic heterocycles. The zero-order valence-corrected chi connectivity index (χ0v) is 14.7. The van der Waals surface area contributed by atoms with Crippen molar-refractivity contribution in [2.24, 2.45) is 0 Å². The molecular formula is C19H29ClNO2+. The molecule has 2 rings (SSSR count). The Morgan fingerprint density at radius 2 is 1.87 bits per heavy atom. The molecule has 0 amide bonds. The first-order valence-corrected chi connectivity index (χ1v) is 9.11. The number of hydrogen-bond donors (Lipinski definition) is 1. The third kappa shape index (κ3) is 6.94. The summed E-state index contributed by atoms with van der Waals surface area (Å²) in [6.45, 7) is 9.51. The Balaban J connectivity index is 1.62. The van der Waals surface area contributed by atoms with Gasteiger partial charge in [-0.2, -0.15) is 0 Å². The summed E-state index contributed by atoms with van der Waals surface area (Å²) in [5, 5.41) is 0.728. The lowest BCUT2D eigenvalue weighted by molar-refractivity contribution is -0.899. The summed E-state index contributed by atoms with van der Waals surface area (Å²) in [6.07, 6.45) is 8.13. The molecule has 0 radical (unpaired) electrons. The quantitative estimate of drug-likeness (QED) is 0.552. The van der Waals surface area contributed by atoms with Gasteiger partial charge in [0.15, 0.2) is 0 Å². The van der Waals surface area contributed by atoms with E-state index in [1.54, 1.807) is 4.90 Å². The van der Waals surface area contributed by atoms with Crippen LogP contribution in [0, 0.1) is 0 Å². The molecule has 1 aromatic rings. The van der Waals surface area contributed by atoms with Crippen LogP contribution in [0.3, 0.4) is 0 Å². The molecule has 0 saturated carbocycles. The predicted octanol–water partition coefficient (Wildman–Crippen LogP) is 2.92. The minimum absolute atomic E-state index is 0.571. The molecule has 1 aromatic carbocycles. The van der Waals surface area contributed by atoms with E-state index >= 15 is 0 Å². The first kappa shape index (κ1) is 18.3. The summed E-state index contributed by atoms with van der Waals surface area (Å²) in [4.78, 5) is 1.69. The van der Waals surface area contributed by atoms with E-state index < -0.39 is 0 Å². The number of halogens is 1. The minimum Gasteiger partial charge on any atom is -0.491 e. The zero-order chi connectivity index (χ0) is 16.3. The molecule has 1 aliphatic rings.